The summed E-state index contributed by atoms with van der Waals surface area (Å²) in [6.45, 7) is 5.76. The van der Waals surface area contributed by atoms with Crippen molar-refractivity contribution in [1.82, 2.24) is 0 Å². The molecule has 1 atom stereocenters. The second kappa shape index (κ2) is 12.4. The zero-order valence-corrected chi connectivity index (χ0v) is 21.1. The van der Waals surface area contributed by atoms with Gasteiger partial charge in [-0.15, -0.1) is 0 Å². The number of carboxylic acid groups (broad SMARTS) is 1. The smallest absolute Gasteiger partial charge is 0.344 e. The topological polar surface area (TPSA) is 119 Å². The van der Waals surface area contributed by atoms with Crippen LogP contribution in [0.4, 0.5) is 0 Å². The Kier molecular flexibility index (Phi) is 9.33. The molecule has 1 aliphatic heterocycles. The molecule has 0 bridgehead atoms. The largest absolute Gasteiger partial charge is 0.507 e. The summed E-state index contributed by atoms with van der Waals surface area (Å²) in [6, 6.07) is 6.59. The van der Waals surface area contributed by atoms with Gasteiger partial charge >= 0.3 is 5.97 Å². The van der Waals surface area contributed by atoms with E-state index in [4.69, 9.17) is 14.2 Å². The van der Waals surface area contributed by atoms with Crippen LogP contribution in [0.15, 0.2) is 24.3 Å². The normalized spacial score (nSPS) is 14.5. The van der Waals surface area contributed by atoms with Gasteiger partial charge in [-0.05, 0) is 76.6 Å². The first kappa shape index (κ1) is 27.0. The van der Waals surface area contributed by atoms with E-state index in [9.17, 15) is 24.6 Å². The number of ketones is 2. The Morgan fingerprint density at radius 1 is 0.972 bits per heavy atom. The van der Waals surface area contributed by atoms with Crippen molar-refractivity contribution in [2.24, 2.45) is 0 Å². The fourth-order valence-electron chi connectivity index (χ4n) is 4.33. The molecule has 0 saturated heterocycles. The number of carbonyl (C=O) groups is 3. The number of hydrogen-bond donors (Lipinski definition) is 2. The van der Waals surface area contributed by atoms with Crippen LogP contribution < -0.4 is 14.2 Å². The van der Waals surface area contributed by atoms with Crippen LogP contribution in [-0.2, 0) is 17.6 Å². The van der Waals surface area contributed by atoms with Crippen molar-refractivity contribution >= 4 is 17.5 Å². The molecule has 1 unspecified atom stereocenters. The predicted molar refractivity (Wildman–Crippen MR) is 134 cm³/mol. The van der Waals surface area contributed by atoms with Crippen molar-refractivity contribution in [3.05, 3.63) is 46.5 Å². The highest BCUT2D eigenvalue weighted by molar-refractivity contribution is 5.98. The monoisotopic (exact) mass is 498 g/mol. The van der Waals surface area contributed by atoms with Gasteiger partial charge in [0.25, 0.3) is 0 Å². The first-order valence-corrected chi connectivity index (χ1v) is 12.4. The van der Waals surface area contributed by atoms with Crippen molar-refractivity contribution in [3.63, 3.8) is 0 Å². The van der Waals surface area contributed by atoms with E-state index in [1.54, 1.807) is 24.3 Å². The Balaban J connectivity index is 1.53. The molecule has 8 nitrogen and oxygen atoms in total. The fourth-order valence-corrected chi connectivity index (χ4v) is 4.33. The number of rotatable bonds is 13. The summed E-state index contributed by atoms with van der Waals surface area (Å²) >= 11 is 0. The maximum atomic E-state index is 12.1. The summed E-state index contributed by atoms with van der Waals surface area (Å²) < 4.78 is 17.5. The number of carbonyl (C=O) groups excluding carboxylic acids is 2. The third-order valence-electron chi connectivity index (χ3n) is 6.21. The molecule has 2 aromatic rings. The molecule has 0 aromatic heterocycles. The summed E-state index contributed by atoms with van der Waals surface area (Å²) in [5.41, 5.74) is 2.17. The number of hydrogen-bond acceptors (Lipinski definition) is 7. The molecule has 2 N–H and O–H groups in total. The van der Waals surface area contributed by atoms with Gasteiger partial charge in [0.15, 0.2) is 17.7 Å². The Morgan fingerprint density at radius 2 is 1.64 bits per heavy atom. The molecule has 0 aliphatic carbocycles. The van der Waals surface area contributed by atoms with Gasteiger partial charge in [-0.3, -0.25) is 9.59 Å². The minimum Gasteiger partial charge on any atom is -0.507 e. The minimum absolute atomic E-state index is 0.00127. The Hall–Kier alpha value is -3.55. The lowest BCUT2D eigenvalue weighted by molar-refractivity contribution is -0.145. The first-order valence-electron chi connectivity index (χ1n) is 12.4. The molecule has 194 valence electrons. The van der Waals surface area contributed by atoms with E-state index >= 15 is 0 Å². The van der Waals surface area contributed by atoms with Crippen molar-refractivity contribution in [2.45, 2.75) is 71.8 Å². The first-order chi connectivity index (χ1) is 17.2. The van der Waals surface area contributed by atoms with Crippen LogP contribution in [0, 0.1) is 0 Å². The average molecular weight is 499 g/mol. The molecule has 0 saturated carbocycles. The third-order valence-corrected chi connectivity index (χ3v) is 6.21. The lowest BCUT2D eigenvalue weighted by Crippen LogP contribution is -2.31. The van der Waals surface area contributed by atoms with Crippen LogP contribution in [0.3, 0.4) is 0 Å². The van der Waals surface area contributed by atoms with Crippen LogP contribution in [0.5, 0.6) is 23.0 Å². The number of fused-ring (bicyclic) bond motifs is 1. The molecule has 0 radical (unpaired) electrons. The van der Waals surface area contributed by atoms with Crippen molar-refractivity contribution < 1.29 is 38.8 Å². The summed E-state index contributed by atoms with van der Waals surface area (Å²) in [7, 11) is 0. The quantitative estimate of drug-likeness (QED) is 0.287. The molecule has 36 heavy (non-hydrogen) atoms. The molecular weight excluding hydrogens is 464 g/mol. The molecule has 8 heteroatoms. The summed E-state index contributed by atoms with van der Waals surface area (Å²) in [4.78, 5) is 35.1. The third kappa shape index (κ3) is 6.36. The number of aliphatic carboxylic acids is 1. The van der Waals surface area contributed by atoms with Gasteiger partial charge in [0, 0.05) is 11.1 Å². The second-order valence-electron chi connectivity index (χ2n) is 8.96. The molecule has 0 fully saturated rings. The van der Waals surface area contributed by atoms with Crippen LogP contribution in [0.25, 0.3) is 0 Å². The van der Waals surface area contributed by atoms with Gasteiger partial charge < -0.3 is 24.4 Å². The number of phenols is 1. The average Bonchev–Trinajstić information content (AvgIpc) is 2.84. The van der Waals surface area contributed by atoms with Gasteiger partial charge in [-0.2, -0.15) is 0 Å². The van der Waals surface area contributed by atoms with Gasteiger partial charge in [0.2, 0.25) is 0 Å². The van der Waals surface area contributed by atoms with Crippen molar-refractivity contribution in [3.8, 4) is 23.0 Å². The Labute approximate surface area is 211 Å². The predicted octanol–water partition coefficient (Wildman–Crippen LogP) is 5.16. The van der Waals surface area contributed by atoms with Gasteiger partial charge in [0.1, 0.15) is 23.0 Å². The highest BCUT2D eigenvalue weighted by Crippen LogP contribution is 2.38. The maximum absolute atomic E-state index is 12.1. The van der Waals surface area contributed by atoms with E-state index in [2.05, 4.69) is 0 Å². The SMILES string of the molecule is CCCc1c(OCCCCCOc2c(C(C)=O)ccc3c2CCC(C(=O)O)O3)ccc(C(C)=O)c1O. The summed E-state index contributed by atoms with van der Waals surface area (Å²) in [5, 5.41) is 19.7. The highest BCUT2D eigenvalue weighted by atomic mass is 16.5. The summed E-state index contributed by atoms with van der Waals surface area (Å²) in [6.07, 6.45) is 3.64. The number of Topliss-reactive ketones (excluding diaryl/α,β-unsaturated/α-hetero) is 2. The Morgan fingerprint density at radius 3 is 2.28 bits per heavy atom. The molecule has 0 amide bonds. The number of aromatic hydroxyl groups is 1. The van der Waals surface area contributed by atoms with E-state index in [0.29, 0.717) is 66.4 Å². The fraction of sp³-hybridized carbons (Fsp3) is 0.464. The Bertz CT molecular complexity index is 1120. The molecule has 0 spiro atoms. The molecular formula is C28H34O8. The molecule has 2 aromatic carbocycles. The van der Waals surface area contributed by atoms with Crippen molar-refractivity contribution in [2.75, 3.05) is 13.2 Å². The van der Waals surface area contributed by atoms with Crippen LogP contribution >= 0.6 is 0 Å². The van der Waals surface area contributed by atoms with E-state index < -0.39 is 12.1 Å². The zero-order valence-electron chi connectivity index (χ0n) is 21.1. The van der Waals surface area contributed by atoms with E-state index in [-0.39, 0.29) is 17.3 Å². The number of carboxylic acids is 1. The molecule has 1 aliphatic rings. The standard InChI is InChI=1S/C28H34O8/c1-4-8-21-23(12-9-19(17(2)29)26(21)31)34-15-6-5-7-16-35-27-20(18(3)30)10-13-24-22(27)11-14-25(36-24)28(32)33/h9-10,12-13,25,31H,4-8,11,14-16H2,1-3H3,(H,32,33). The minimum atomic E-state index is -1.01. The molecule has 1 heterocycles. The number of unbranched alkanes of at least 4 members (excludes halogenated alkanes) is 2. The number of ether oxygens (including phenoxy) is 3. The van der Waals surface area contributed by atoms with Crippen molar-refractivity contribution in [1.29, 1.82) is 0 Å². The van der Waals surface area contributed by atoms with Gasteiger partial charge in [-0.1, -0.05) is 13.3 Å². The lowest BCUT2D eigenvalue weighted by Gasteiger charge is -2.26. The van der Waals surface area contributed by atoms with E-state index in [1.165, 1.54) is 13.8 Å². The molecule has 3 rings (SSSR count). The van der Waals surface area contributed by atoms with Crippen LogP contribution in [0.1, 0.15) is 84.7 Å². The zero-order chi connectivity index (χ0) is 26.2. The van der Waals surface area contributed by atoms with E-state index in [1.807, 2.05) is 6.92 Å². The van der Waals surface area contributed by atoms with Crippen LogP contribution in [0.2, 0.25) is 0 Å². The van der Waals surface area contributed by atoms with E-state index in [0.717, 1.165) is 31.2 Å². The number of benzene rings is 2. The number of phenolic OH excluding ortho intramolecular Hbond substituents is 1. The van der Waals surface area contributed by atoms with Gasteiger partial charge in [0.05, 0.1) is 24.3 Å². The highest BCUT2D eigenvalue weighted by Gasteiger charge is 2.29. The van der Waals surface area contributed by atoms with Crippen LogP contribution in [-0.4, -0.2) is 47.1 Å². The summed E-state index contributed by atoms with van der Waals surface area (Å²) in [5.74, 6) is 0.210. The second-order valence-corrected chi connectivity index (χ2v) is 8.96. The maximum Gasteiger partial charge on any atom is 0.344 e. The lowest BCUT2D eigenvalue weighted by atomic mass is 9.97. The van der Waals surface area contributed by atoms with Gasteiger partial charge in [-0.25, -0.2) is 4.79 Å².